The van der Waals surface area contributed by atoms with Gasteiger partial charge in [-0.25, -0.2) is 9.38 Å². The first kappa shape index (κ1) is 14.2. The third kappa shape index (κ3) is 4.57. The fourth-order valence-corrected chi connectivity index (χ4v) is 1.49. The van der Waals surface area contributed by atoms with E-state index in [2.05, 4.69) is 22.2 Å². The molecule has 0 bridgehead atoms. The molecule has 0 aliphatic carbocycles. The van der Waals surface area contributed by atoms with E-state index >= 15 is 0 Å². The van der Waals surface area contributed by atoms with Crippen LogP contribution in [0.3, 0.4) is 0 Å². The molecular weight excluding hydrogens is 229 g/mol. The van der Waals surface area contributed by atoms with Crippen molar-refractivity contribution in [3.8, 4) is 0 Å². The zero-order valence-corrected chi connectivity index (χ0v) is 11.0. The monoisotopic (exact) mass is 249 g/mol. The van der Waals surface area contributed by atoms with Crippen molar-refractivity contribution in [2.75, 3.05) is 13.1 Å². The highest BCUT2D eigenvalue weighted by Gasteiger charge is 1.99. The molecule has 0 atom stereocenters. The molecule has 0 heterocycles. The Morgan fingerprint density at radius 3 is 2.83 bits per heavy atom. The van der Waals surface area contributed by atoms with Crippen LogP contribution in [-0.2, 0) is 6.54 Å². The first-order valence-corrected chi connectivity index (χ1v) is 6.05. The van der Waals surface area contributed by atoms with Crippen LogP contribution in [0.2, 0.25) is 0 Å². The van der Waals surface area contributed by atoms with Gasteiger partial charge in [-0.1, -0.05) is 18.2 Å². The molecule has 0 saturated carbocycles. The first-order chi connectivity index (χ1) is 8.67. The first-order valence-electron chi connectivity index (χ1n) is 6.05. The van der Waals surface area contributed by atoms with Gasteiger partial charge in [0.25, 0.3) is 0 Å². The lowest BCUT2D eigenvalue weighted by atomic mass is 10.1. The standard InChI is InChI=1S/C14H20FN3/c1-4-8-17-14(16-5-2)18-10-12-6-7-13(15)11(3)9-12/h4,6-7,9H,1,5,8,10H2,2-3H3,(H2,16,17,18). The van der Waals surface area contributed by atoms with Crippen molar-refractivity contribution in [2.24, 2.45) is 4.99 Å². The molecule has 3 nitrogen and oxygen atoms in total. The summed E-state index contributed by atoms with van der Waals surface area (Å²) in [5.41, 5.74) is 1.64. The second-order valence-corrected chi connectivity index (χ2v) is 3.95. The van der Waals surface area contributed by atoms with E-state index in [1.165, 1.54) is 6.07 Å². The van der Waals surface area contributed by atoms with Gasteiger partial charge in [0.15, 0.2) is 5.96 Å². The lowest BCUT2D eigenvalue weighted by Crippen LogP contribution is -2.37. The Morgan fingerprint density at radius 1 is 1.44 bits per heavy atom. The van der Waals surface area contributed by atoms with Gasteiger partial charge in [0.1, 0.15) is 5.82 Å². The Kier molecular flexibility index (Phi) is 5.91. The minimum atomic E-state index is -0.181. The van der Waals surface area contributed by atoms with Crippen LogP contribution in [0.25, 0.3) is 0 Å². The zero-order chi connectivity index (χ0) is 13.4. The van der Waals surface area contributed by atoms with Gasteiger partial charge >= 0.3 is 0 Å². The Labute approximate surface area is 108 Å². The molecular formula is C14H20FN3. The Balaban J connectivity index is 2.67. The number of hydrogen-bond acceptors (Lipinski definition) is 1. The lowest BCUT2D eigenvalue weighted by molar-refractivity contribution is 0.617. The van der Waals surface area contributed by atoms with E-state index in [-0.39, 0.29) is 5.82 Å². The molecule has 0 radical (unpaired) electrons. The van der Waals surface area contributed by atoms with Crippen LogP contribution < -0.4 is 10.6 Å². The number of aryl methyl sites for hydroxylation is 1. The summed E-state index contributed by atoms with van der Waals surface area (Å²) in [5, 5.41) is 6.24. The molecule has 18 heavy (non-hydrogen) atoms. The maximum Gasteiger partial charge on any atom is 0.191 e. The summed E-state index contributed by atoms with van der Waals surface area (Å²) in [6, 6.07) is 5.04. The van der Waals surface area contributed by atoms with Gasteiger partial charge in [0, 0.05) is 13.1 Å². The number of nitrogens with one attached hydrogen (secondary N) is 2. The third-order valence-electron chi connectivity index (χ3n) is 2.40. The van der Waals surface area contributed by atoms with Crippen LogP contribution in [0, 0.1) is 12.7 Å². The molecule has 1 rings (SSSR count). The van der Waals surface area contributed by atoms with Crippen molar-refractivity contribution >= 4 is 5.96 Å². The summed E-state index contributed by atoms with van der Waals surface area (Å²) < 4.78 is 13.1. The maximum absolute atomic E-state index is 13.1. The molecule has 0 fully saturated rings. The molecule has 0 aromatic heterocycles. The van der Waals surface area contributed by atoms with E-state index in [9.17, 15) is 4.39 Å². The summed E-state index contributed by atoms with van der Waals surface area (Å²) in [6.07, 6.45) is 1.77. The van der Waals surface area contributed by atoms with Gasteiger partial charge in [-0.05, 0) is 31.0 Å². The molecule has 1 aromatic carbocycles. The average molecular weight is 249 g/mol. The maximum atomic E-state index is 13.1. The second kappa shape index (κ2) is 7.48. The minimum absolute atomic E-state index is 0.181. The Morgan fingerprint density at radius 2 is 2.22 bits per heavy atom. The molecule has 0 aliphatic rings. The SMILES string of the molecule is C=CCNC(=NCc1ccc(F)c(C)c1)NCC. The normalized spacial score (nSPS) is 11.2. The van der Waals surface area contributed by atoms with Crippen molar-refractivity contribution in [1.82, 2.24) is 10.6 Å². The number of aliphatic imine (C=N–C) groups is 1. The van der Waals surface area contributed by atoms with Crippen LogP contribution in [0.4, 0.5) is 4.39 Å². The highest BCUT2D eigenvalue weighted by molar-refractivity contribution is 5.79. The summed E-state index contributed by atoms with van der Waals surface area (Å²) in [4.78, 5) is 4.42. The fourth-order valence-electron chi connectivity index (χ4n) is 1.49. The van der Waals surface area contributed by atoms with Crippen LogP contribution >= 0.6 is 0 Å². The number of hydrogen-bond donors (Lipinski definition) is 2. The van der Waals surface area contributed by atoms with Gasteiger partial charge in [0.05, 0.1) is 6.54 Å². The van der Waals surface area contributed by atoms with Gasteiger partial charge in [0.2, 0.25) is 0 Å². The van der Waals surface area contributed by atoms with E-state index in [0.717, 1.165) is 18.1 Å². The molecule has 0 spiro atoms. The van der Waals surface area contributed by atoms with Gasteiger partial charge in [-0.3, -0.25) is 0 Å². The van der Waals surface area contributed by atoms with Gasteiger partial charge < -0.3 is 10.6 Å². The highest BCUT2D eigenvalue weighted by Crippen LogP contribution is 2.09. The second-order valence-electron chi connectivity index (χ2n) is 3.95. The molecule has 1 aromatic rings. The molecule has 98 valence electrons. The quantitative estimate of drug-likeness (QED) is 0.477. The summed E-state index contributed by atoms with van der Waals surface area (Å²) in [6.45, 7) is 9.39. The number of benzene rings is 1. The van der Waals surface area contributed by atoms with E-state index in [1.54, 1.807) is 19.1 Å². The van der Waals surface area contributed by atoms with E-state index in [0.29, 0.717) is 18.7 Å². The summed E-state index contributed by atoms with van der Waals surface area (Å²) >= 11 is 0. The number of nitrogens with zero attached hydrogens (tertiary/aromatic N) is 1. The number of rotatable bonds is 5. The van der Waals surface area contributed by atoms with E-state index < -0.39 is 0 Å². The highest BCUT2D eigenvalue weighted by atomic mass is 19.1. The van der Waals surface area contributed by atoms with Crippen LogP contribution in [-0.4, -0.2) is 19.0 Å². The zero-order valence-electron chi connectivity index (χ0n) is 11.0. The molecule has 4 heteroatoms. The van der Waals surface area contributed by atoms with E-state index in [4.69, 9.17) is 0 Å². The molecule has 0 unspecified atom stereocenters. The topological polar surface area (TPSA) is 36.4 Å². The predicted octanol–water partition coefficient (Wildman–Crippen LogP) is 2.38. The largest absolute Gasteiger partial charge is 0.357 e. The molecule has 2 N–H and O–H groups in total. The smallest absolute Gasteiger partial charge is 0.191 e. The van der Waals surface area contributed by atoms with Crippen molar-refractivity contribution < 1.29 is 4.39 Å². The minimum Gasteiger partial charge on any atom is -0.357 e. The fraction of sp³-hybridized carbons (Fsp3) is 0.357. The third-order valence-corrected chi connectivity index (χ3v) is 2.40. The molecule has 0 amide bonds. The summed E-state index contributed by atoms with van der Waals surface area (Å²) in [5.74, 6) is 0.554. The molecule has 0 saturated heterocycles. The van der Waals surface area contributed by atoms with Crippen molar-refractivity contribution in [3.63, 3.8) is 0 Å². The van der Waals surface area contributed by atoms with Crippen LogP contribution in [0.1, 0.15) is 18.1 Å². The van der Waals surface area contributed by atoms with Crippen molar-refractivity contribution in [1.29, 1.82) is 0 Å². The lowest BCUT2D eigenvalue weighted by Gasteiger charge is -2.09. The number of halogens is 1. The van der Waals surface area contributed by atoms with Crippen molar-refractivity contribution in [2.45, 2.75) is 20.4 Å². The summed E-state index contributed by atoms with van der Waals surface area (Å²) in [7, 11) is 0. The van der Waals surface area contributed by atoms with Crippen LogP contribution in [0.15, 0.2) is 35.8 Å². The average Bonchev–Trinajstić information content (AvgIpc) is 2.37. The number of guanidine groups is 1. The van der Waals surface area contributed by atoms with Gasteiger partial charge in [-0.15, -0.1) is 6.58 Å². The van der Waals surface area contributed by atoms with E-state index in [1.807, 2.05) is 13.0 Å². The predicted molar refractivity (Wildman–Crippen MR) is 74.2 cm³/mol. The molecule has 0 aliphatic heterocycles. The Hall–Kier alpha value is -1.84. The van der Waals surface area contributed by atoms with Crippen LogP contribution in [0.5, 0.6) is 0 Å². The Bertz CT molecular complexity index is 427. The van der Waals surface area contributed by atoms with Gasteiger partial charge in [-0.2, -0.15) is 0 Å². The van der Waals surface area contributed by atoms with Crippen molar-refractivity contribution in [3.05, 3.63) is 47.8 Å².